The molecule has 0 aliphatic carbocycles. The second-order valence-corrected chi connectivity index (χ2v) is 8.68. The third-order valence-electron chi connectivity index (χ3n) is 4.08. The molecule has 0 aliphatic heterocycles. The maximum Gasteiger partial charge on any atom is 0.435 e. The fraction of sp³-hybridized carbons (Fsp3) is 0.167. The molecule has 0 bridgehead atoms. The average Bonchev–Trinajstić information content (AvgIpc) is 3.03. The van der Waals surface area contributed by atoms with E-state index in [2.05, 4.69) is 5.10 Å². The van der Waals surface area contributed by atoms with Crippen molar-refractivity contribution in [3.05, 3.63) is 64.3 Å². The summed E-state index contributed by atoms with van der Waals surface area (Å²) in [6.07, 6.45) is -4.16. The molecule has 1 heterocycles. The minimum Gasteiger partial charge on any atom is -0.232 e. The quantitative estimate of drug-likeness (QED) is 0.515. The first-order valence-electron chi connectivity index (χ1n) is 7.92. The molecule has 1 aromatic heterocycles. The molecule has 0 fully saturated rings. The summed E-state index contributed by atoms with van der Waals surface area (Å²) >= 11 is 5.93. The predicted octanol–water partition coefficient (Wildman–Crippen LogP) is 5.20. The van der Waals surface area contributed by atoms with Gasteiger partial charge in [0.15, 0.2) is 15.5 Å². The molecular formula is C18H12ClF5N2O2S. The third-order valence-corrected chi connectivity index (χ3v) is 5.62. The van der Waals surface area contributed by atoms with Gasteiger partial charge >= 0.3 is 6.18 Å². The van der Waals surface area contributed by atoms with Crippen LogP contribution in [0.25, 0.3) is 16.9 Å². The van der Waals surface area contributed by atoms with Crippen LogP contribution in [0.2, 0.25) is 5.02 Å². The Labute approximate surface area is 167 Å². The predicted molar refractivity (Wildman–Crippen MR) is 96.8 cm³/mol. The number of aromatic nitrogens is 2. The Hall–Kier alpha value is -2.46. The summed E-state index contributed by atoms with van der Waals surface area (Å²) in [5.74, 6) is -2.51. The van der Waals surface area contributed by atoms with Gasteiger partial charge in [0.25, 0.3) is 0 Å². The Morgan fingerprint density at radius 2 is 1.69 bits per heavy atom. The van der Waals surface area contributed by atoms with Crippen LogP contribution in [0.1, 0.15) is 11.3 Å². The van der Waals surface area contributed by atoms with Crippen LogP contribution in [-0.4, -0.2) is 24.5 Å². The van der Waals surface area contributed by atoms with Crippen molar-refractivity contribution in [2.24, 2.45) is 0 Å². The Morgan fingerprint density at radius 3 is 2.24 bits per heavy atom. The zero-order chi connectivity index (χ0) is 21.7. The van der Waals surface area contributed by atoms with Gasteiger partial charge in [-0.1, -0.05) is 11.6 Å². The second kappa shape index (κ2) is 7.10. The van der Waals surface area contributed by atoms with Crippen LogP contribution in [0.3, 0.4) is 0 Å². The normalized spacial score (nSPS) is 12.4. The molecule has 0 atom stereocenters. The van der Waals surface area contributed by atoms with Crippen molar-refractivity contribution in [2.45, 2.75) is 18.0 Å². The summed E-state index contributed by atoms with van der Waals surface area (Å²) in [7, 11) is -4.08. The van der Waals surface area contributed by atoms with Gasteiger partial charge in [0.1, 0.15) is 16.5 Å². The second-order valence-electron chi connectivity index (χ2n) is 6.29. The molecule has 4 nitrogen and oxygen atoms in total. The van der Waals surface area contributed by atoms with Crippen molar-refractivity contribution < 1.29 is 30.4 Å². The Kier molecular flexibility index (Phi) is 5.20. The maximum atomic E-state index is 14.6. The van der Waals surface area contributed by atoms with E-state index in [1.54, 1.807) is 6.92 Å². The number of alkyl halides is 3. The Balaban J connectivity index is 2.30. The molecule has 0 spiro atoms. The molecule has 11 heteroatoms. The highest BCUT2D eigenvalue weighted by molar-refractivity contribution is 7.90. The average molecular weight is 451 g/mol. The lowest BCUT2D eigenvalue weighted by atomic mass is 10.1. The fourth-order valence-electron chi connectivity index (χ4n) is 2.68. The van der Waals surface area contributed by atoms with Gasteiger partial charge in [-0.2, -0.15) is 18.3 Å². The van der Waals surface area contributed by atoms with Crippen molar-refractivity contribution >= 4 is 21.4 Å². The van der Waals surface area contributed by atoms with Crippen molar-refractivity contribution in [1.82, 2.24) is 9.78 Å². The van der Waals surface area contributed by atoms with Crippen molar-refractivity contribution in [1.29, 1.82) is 0 Å². The summed E-state index contributed by atoms with van der Waals surface area (Å²) in [5, 5.41) is 3.84. The molecule has 0 unspecified atom stereocenters. The molecule has 0 N–H and O–H groups in total. The number of sulfone groups is 1. The van der Waals surface area contributed by atoms with E-state index in [-0.39, 0.29) is 5.69 Å². The van der Waals surface area contributed by atoms with Crippen LogP contribution < -0.4 is 0 Å². The van der Waals surface area contributed by atoms with E-state index in [1.807, 2.05) is 0 Å². The van der Waals surface area contributed by atoms with E-state index in [0.29, 0.717) is 35.0 Å². The van der Waals surface area contributed by atoms with Gasteiger partial charge in [-0.25, -0.2) is 21.9 Å². The zero-order valence-electron chi connectivity index (χ0n) is 14.9. The monoisotopic (exact) mass is 450 g/mol. The van der Waals surface area contributed by atoms with Crippen LogP contribution in [0.4, 0.5) is 22.0 Å². The molecule has 154 valence electrons. The van der Waals surface area contributed by atoms with E-state index < -0.39 is 49.5 Å². The fourth-order valence-corrected chi connectivity index (χ4v) is 3.53. The third kappa shape index (κ3) is 4.13. The Morgan fingerprint density at radius 1 is 1.03 bits per heavy atom. The minimum absolute atomic E-state index is 0.129. The first-order valence-corrected chi connectivity index (χ1v) is 10.2. The smallest absolute Gasteiger partial charge is 0.232 e. The van der Waals surface area contributed by atoms with Crippen LogP contribution in [0, 0.1) is 18.6 Å². The molecular weight excluding hydrogens is 439 g/mol. The van der Waals surface area contributed by atoms with Crippen molar-refractivity contribution in [3.8, 4) is 16.9 Å². The number of benzene rings is 2. The lowest BCUT2D eigenvalue weighted by Gasteiger charge is -2.11. The number of rotatable bonds is 3. The number of nitrogens with zero attached hydrogens (tertiary/aromatic N) is 2. The first-order chi connectivity index (χ1) is 13.3. The molecule has 0 radical (unpaired) electrons. The van der Waals surface area contributed by atoms with Gasteiger partial charge in [-0.3, -0.25) is 0 Å². The number of hydrogen-bond donors (Lipinski definition) is 0. The van der Waals surface area contributed by atoms with Crippen LogP contribution >= 0.6 is 11.6 Å². The van der Waals surface area contributed by atoms with Crippen LogP contribution in [0.5, 0.6) is 0 Å². The molecule has 3 rings (SSSR count). The molecule has 3 aromatic rings. The van der Waals surface area contributed by atoms with Crippen molar-refractivity contribution in [3.63, 3.8) is 0 Å². The van der Waals surface area contributed by atoms with E-state index in [0.717, 1.165) is 4.68 Å². The highest BCUT2D eigenvalue weighted by atomic mass is 35.5. The van der Waals surface area contributed by atoms with E-state index in [1.165, 1.54) is 18.2 Å². The first kappa shape index (κ1) is 21.3. The summed E-state index contributed by atoms with van der Waals surface area (Å²) in [4.78, 5) is -0.900. The lowest BCUT2D eigenvalue weighted by Crippen LogP contribution is -2.08. The van der Waals surface area contributed by atoms with Crippen LogP contribution in [0.15, 0.2) is 41.3 Å². The minimum atomic E-state index is -4.84. The standard InChI is InChI=1S/C18H12ClF5N2O2S/c1-9-5-10(3-4-12(9)19)26-15(8-17(25-26)18(22,23)24)11-6-14(21)16(7-13(11)20)29(2,27)28/h3-8H,1-2H3. The number of hydrogen-bond acceptors (Lipinski definition) is 3. The summed E-state index contributed by atoms with van der Waals surface area (Å²) in [6.45, 7) is 1.61. The molecule has 0 aliphatic rings. The van der Waals surface area contributed by atoms with Gasteiger partial charge in [0.05, 0.1) is 11.4 Å². The molecule has 29 heavy (non-hydrogen) atoms. The highest BCUT2D eigenvalue weighted by Gasteiger charge is 2.36. The zero-order valence-corrected chi connectivity index (χ0v) is 16.4. The van der Waals surface area contributed by atoms with Gasteiger partial charge in [0, 0.05) is 16.8 Å². The molecule has 0 amide bonds. The Bertz CT molecular complexity index is 1220. The highest BCUT2D eigenvalue weighted by Crippen LogP contribution is 2.35. The van der Waals surface area contributed by atoms with E-state index in [9.17, 15) is 30.4 Å². The summed E-state index contributed by atoms with van der Waals surface area (Å²) in [5.41, 5.74) is -1.66. The molecule has 2 aromatic carbocycles. The van der Waals surface area contributed by atoms with E-state index >= 15 is 0 Å². The van der Waals surface area contributed by atoms with Crippen LogP contribution in [-0.2, 0) is 16.0 Å². The molecule has 0 saturated carbocycles. The topological polar surface area (TPSA) is 52.0 Å². The van der Waals surface area contributed by atoms with Gasteiger partial charge < -0.3 is 0 Å². The van der Waals surface area contributed by atoms with Gasteiger partial charge in [-0.15, -0.1) is 0 Å². The number of halogens is 6. The van der Waals surface area contributed by atoms with E-state index in [4.69, 9.17) is 11.6 Å². The molecule has 0 saturated heterocycles. The summed E-state index contributed by atoms with van der Waals surface area (Å²) in [6, 6.07) is 5.74. The summed E-state index contributed by atoms with van der Waals surface area (Å²) < 4.78 is 92.5. The lowest BCUT2D eigenvalue weighted by molar-refractivity contribution is -0.141. The number of aryl methyl sites for hydroxylation is 1. The van der Waals surface area contributed by atoms with Gasteiger partial charge in [0.2, 0.25) is 0 Å². The maximum absolute atomic E-state index is 14.6. The SMILES string of the molecule is Cc1cc(-n2nc(C(F)(F)F)cc2-c2cc(F)c(S(C)(=O)=O)cc2F)ccc1Cl. The van der Waals surface area contributed by atoms with Crippen molar-refractivity contribution in [2.75, 3.05) is 6.26 Å². The van der Waals surface area contributed by atoms with Gasteiger partial charge in [-0.05, 0) is 48.9 Å². The largest absolute Gasteiger partial charge is 0.435 e.